The average Bonchev–Trinajstić information content (AvgIpc) is 2.55. The number of aromatic hydroxyl groups is 1. The van der Waals surface area contributed by atoms with Gasteiger partial charge in [0.25, 0.3) is 0 Å². The van der Waals surface area contributed by atoms with E-state index in [0.29, 0.717) is 11.7 Å². The van der Waals surface area contributed by atoms with Crippen LogP contribution in [0, 0.1) is 6.92 Å². The molecule has 1 aromatic carbocycles. The van der Waals surface area contributed by atoms with Crippen molar-refractivity contribution in [1.82, 2.24) is 0 Å². The maximum absolute atomic E-state index is 9.72. The molecule has 1 aliphatic rings. The highest BCUT2D eigenvalue weighted by atomic mass is 16.3. The summed E-state index contributed by atoms with van der Waals surface area (Å²) < 4.78 is 0. The molecule has 1 heterocycles. The third-order valence-electron chi connectivity index (χ3n) is 2.61. The largest absolute Gasteiger partial charge is 0.505 e. The Kier molecular flexibility index (Phi) is 1.83. The second kappa shape index (κ2) is 2.87. The molecule has 1 unspecified atom stereocenters. The zero-order valence-electron chi connectivity index (χ0n) is 7.91. The Morgan fingerprint density at radius 3 is 2.92 bits per heavy atom. The molecule has 1 atom stereocenters. The first-order chi connectivity index (χ1) is 6.24. The highest BCUT2D eigenvalue weighted by molar-refractivity contribution is 5.83. The second-order valence-corrected chi connectivity index (χ2v) is 3.46. The smallest absolute Gasteiger partial charge is 0.144 e. The fraction of sp³-hybridized carbons (Fsp3) is 0.364. The van der Waals surface area contributed by atoms with Gasteiger partial charge in [-0.05, 0) is 24.5 Å². The molecule has 0 saturated heterocycles. The Bertz CT molecular complexity index is 369. The van der Waals surface area contributed by atoms with E-state index in [-0.39, 0.29) is 0 Å². The SMILES string of the molecule is CCC1C=Nc2c1ccc(C)c2O. The van der Waals surface area contributed by atoms with Crippen LogP contribution in [0.1, 0.15) is 30.4 Å². The lowest BCUT2D eigenvalue weighted by Gasteiger charge is -2.08. The van der Waals surface area contributed by atoms with Crippen LogP contribution >= 0.6 is 0 Å². The summed E-state index contributed by atoms with van der Waals surface area (Å²) in [6, 6.07) is 4.01. The van der Waals surface area contributed by atoms with E-state index in [1.54, 1.807) is 0 Å². The Labute approximate surface area is 77.9 Å². The first-order valence-corrected chi connectivity index (χ1v) is 4.60. The fourth-order valence-corrected chi connectivity index (χ4v) is 1.70. The molecule has 13 heavy (non-hydrogen) atoms. The first-order valence-electron chi connectivity index (χ1n) is 4.60. The van der Waals surface area contributed by atoms with Gasteiger partial charge in [-0.3, -0.25) is 4.99 Å². The first kappa shape index (κ1) is 8.30. The normalized spacial score (nSPS) is 19.1. The molecule has 1 aromatic rings. The second-order valence-electron chi connectivity index (χ2n) is 3.46. The van der Waals surface area contributed by atoms with Gasteiger partial charge >= 0.3 is 0 Å². The number of fused-ring (bicyclic) bond motifs is 1. The van der Waals surface area contributed by atoms with Crippen molar-refractivity contribution < 1.29 is 5.11 Å². The minimum absolute atomic E-state index is 0.338. The number of phenols is 1. The van der Waals surface area contributed by atoms with Crippen molar-refractivity contribution >= 4 is 11.9 Å². The van der Waals surface area contributed by atoms with Crippen LogP contribution in [0.2, 0.25) is 0 Å². The summed E-state index contributed by atoms with van der Waals surface area (Å²) in [5.74, 6) is 0.728. The van der Waals surface area contributed by atoms with Crippen molar-refractivity contribution in [1.29, 1.82) is 0 Å². The average molecular weight is 175 g/mol. The van der Waals surface area contributed by atoms with Crippen molar-refractivity contribution in [3.8, 4) is 5.75 Å². The highest BCUT2D eigenvalue weighted by Crippen LogP contribution is 2.41. The van der Waals surface area contributed by atoms with E-state index in [0.717, 1.165) is 23.2 Å². The molecule has 0 aliphatic carbocycles. The molecule has 1 N–H and O–H groups in total. The predicted octanol–water partition coefficient (Wildman–Crippen LogP) is 2.91. The van der Waals surface area contributed by atoms with E-state index in [1.807, 2.05) is 19.2 Å². The van der Waals surface area contributed by atoms with Crippen molar-refractivity contribution in [3.05, 3.63) is 23.3 Å². The number of hydrogen-bond donors (Lipinski definition) is 1. The van der Waals surface area contributed by atoms with Crippen LogP contribution in [0.25, 0.3) is 0 Å². The number of hydrogen-bond acceptors (Lipinski definition) is 2. The number of aliphatic imine (C=N–C) groups is 1. The van der Waals surface area contributed by atoms with Crippen LogP contribution in [-0.2, 0) is 0 Å². The quantitative estimate of drug-likeness (QED) is 0.699. The highest BCUT2D eigenvalue weighted by Gasteiger charge is 2.20. The number of rotatable bonds is 1. The van der Waals surface area contributed by atoms with Crippen molar-refractivity contribution in [2.24, 2.45) is 4.99 Å². The summed E-state index contributed by atoms with van der Waals surface area (Å²) in [7, 11) is 0. The molecular formula is C11H13NO. The molecule has 0 aromatic heterocycles. The third-order valence-corrected chi connectivity index (χ3v) is 2.61. The monoisotopic (exact) mass is 175 g/mol. The van der Waals surface area contributed by atoms with Crippen LogP contribution in [-0.4, -0.2) is 11.3 Å². The topological polar surface area (TPSA) is 32.6 Å². The van der Waals surface area contributed by atoms with Crippen molar-refractivity contribution in [3.63, 3.8) is 0 Å². The van der Waals surface area contributed by atoms with E-state index in [9.17, 15) is 5.11 Å². The maximum Gasteiger partial charge on any atom is 0.144 e. The summed E-state index contributed by atoms with van der Waals surface area (Å²) in [5.41, 5.74) is 2.82. The molecular weight excluding hydrogens is 162 g/mol. The fourth-order valence-electron chi connectivity index (χ4n) is 1.70. The van der Waals surface area contributed by atoms with Crippen LogP contribution in [0.5, 0.6) is 5.75 Å². The maximum atomic E-state index is 9.72. The number of benzene rings is 1. The van der Waals surface area contributed by atoms with Gasteiger partial charge in [0, 0.05) is 12.1 Å². The van der Waals surface area contributed by atoms with E-state index < -0.39 is 0 Å². The summed E-state index contributed by atoms with van der Waals surface area (Å²) in [5, 5.41) is 9.72. The molecule has 68 valence electrons. The summed E-state index contributed by atoms with van der Waals surface area (Å²) in [6.07, 6.45) is 2.96. The zero-order chi connectivity index (χ0) is 9.42. The van der Waals surface area contributed by atoms with Gasteiger partial charge in [0.2, 0.25) is 0 Å². The minimum atomic E-state index is 0.338. The van der Waals surface area contributed by atoms with E-state index in [2.05, 4.69) is 18.0 Å². The summed E-state index contributed by atoms with van der Waals surface area (Å²) in [4.78, 5) is 4.24. The van der Waals surface area contributed by atoms with Gasteiger partial charge in [0.05, 0.1) is 0 Å². The van der Waals surface area contributed by atoms with Crippen molar-refractivity contribution in [2.75, 3.05) is 0 Å². The molecule has 1 aliphatic heterocycles. The molecule has 0 spiro atoms. The van der Waals surface area contributed by atoms with E-state index in [4.69, 9.17) is 0 Å². The summed E-state index contributed by atoms with van der Waals surface area (Å²) >= 11 is 0. The molecule has 2 nitrogen and oxygen atoms in total. The lowest BCUT2D eigenvalue weighted by Crippen LogP contribution is -1.92. The van der Waals surface area contributed by atoms with Gasteiger partial charge in [-0.2, -0.15) is 0 Å². The molecule has 0 radical (unpaired) electrons. The number of phenolic OH excluding ortho intramolecular Hbond substituents is 1. The zero-order valence-corrected chi connectivity index (χ0v) is 7.91. The van der Waals surface area contributed by atoms with Crippen LogP contribution in [0.15, 0.2) is 17.1 Å². The van der Waals surface area contributed by atoms with Gasteiger partial charge in [-0.15, -0.1) is 0 Å². The van der Waals surface area contributed by atoms with Gasteiger partial charge in [-0.1, -0.05) is 19.1 Å². The van der Waals surface area contributed by atoms with Crippen LogP contribution < -0.4 is 0 Å². The Balaban J connectivity index is 2.56. The molecule has 0 bridgehead atoms. The molecule has 0 fully saturated rings. The molecule has 2 rings (SSSR count). The Morgan fingerprint density at radius 2 is 2.23 bits per heavy atom. The molecule has 2 heteroatoms. The van der Waals surface area contributed by atoms with Gasteiger partial charge in [-0.25, -0.2) is 0 Å². The van der Waals surface area contributed by atoms with E-state index >= 15 is 0 Å². The predicted molar refractivity (Wildman–Crippen MR) is 54.0 cm³/mol. The Hall–Kier alpha value is -1.31. The summed E-state index contributed by atoms with van der Waals surface area (Å²) in [6.45, 7) is 4.02. The van der Waals surface area contributed by atoms with E-state index in [1.165, 1.54) is 0 Å². The number of aryl methyl sites for hydroxylation is 1. The number of nitrogens with zero attached hydrogens (tertiary/aromatic N) is 1. The van der Waals surface area contributed by atoms with Gasteiger partial charge in [0.15, 0.2) is 0 Å². The van der Waals surface area contributed by atoms with Crippen molar-refractivity contribution in [2.45, 2.75) is 26.2 Å². The minimum Gasteiger partial charge on any atom is -0.505 e. The van der Waals surface area contributed by atoms with Gasteiger partial charge < -0.3 is 5.11 Å². The Morgan fingerprint density at radius 1 is 1.46 bits per heavy atom. The third kappa shape index (κ3) is 1.13. The van der Waals surface area contributed by atoms with Crippen LogP contribution in [0.3, 0.4) is 0 Å². The van der Waals surface area contributed by atoms with Crippen LogP contribution in [0.4, 0.5) is 5.69 Å². The lowest BCUT2D eigenvalue weighted by molar-refractivity contribution is 0.472. The standard InChI is InChI=1S/C11H13NO/c1-3-8-6-12-10-9(8)5-4-7(2)11(10)13/h4-6,8,13H,3H2,1-2H3. The van der Waals surface area contributed by atoms with Gasteiger partial charge in [0.1, 0.15) is 11.4 Å². The lowest BCUT2D eigenvalue weighted by atomic mass is 9.97. The molecule has 0 saturated carbocycles. The molecule has 0 amide bonds.